The second kappa shape index (κ2) is 9.92. The van der Waals surface area contributed by atoms with Crippen LogP contribution in [-0.2, 0) is 11.3 Å². The number of carbonyl (C=O) groups is 3. The molecular weight excluding hydrogens is 384 g/mol. The third-order valence-corrected chi connectivity index (χ3v) is 4.24. The van der Waals surface area contributed by atoms with E-state index in [2.05, 4.69) is 21.3 Å². The van der Waals surface area contributed by atoms with Gasteiger partial charge in [0.1, 0.15) is 5.76 Å². The number of furan rings is 1. The third kappa shape index (κ3) is 5.71. The molecule has 0 radical (unpaired) electrons. The predicted molar refractivity (Wildman–Crippen MR) is 113 cm³/mol. The minimum absolute atomic E-state index is 0.0225. The third-order valence-electron chi connectivity index (χ3n) is 4.24. The lowest BCUT2D eigenvalue weighted by atomic mass is 10.2. The van der Waals surface area contributed by atoms with E-state index in [1.807, 2.05) is 0 Å². The molecule has 0 fully saturated rings. The van der Waals surface area contributed by atoms with Crippen molar-refractivity contribution in [2.24, 2.45) is 0 Å². The van der Waals surface area contributed by atoms with E-state index >= 15 is 0 Å². The Hall–Kier alpha value is -4.07. The summed E-state index contributed by atoms with van der Waals surface area (Å²) >= 11 is 0. The number of hydrogen-bond acceptors (Lipinski definition) is 5. The van der Waals surface area contributed by atoms with E-state index < -0.39 is 0 Å². The van der Waals surface area contributed by atoms with Crippen LogP contribution in [0.5, 0.6) is 0 Å². The van der Waals surface area contributed by atoms with E-state index in [1.54, 1.807) is 74.0 Å². The van der Waals surface area contributed by atoms with Crippen molar-refractivity contribution in [1.82, 2.24) is 10.6 Å². The number of hydrogen-bond donors (Lipinski definition) is 4. The fourth-order valence-corrected chi connectivity index (χ4v) is 2.69. The molecule has 3 amide bonds. The van der Waals surface area contributed by atoms with Gasteiger partial charge in [0.25, 0.3) is 11.8 Å². The van der Waals surface area contributed by atoms with Gasteiger partial charge >= 0.3 is 0 Å². The molecule has 8 nitrogen and oxygen atoms in total. The van der Waals surface area contributed by atoms with Crippen LogP contribution in [0.4, 0.5) is 11.4 Å². The van der Waals surface area contributed by atoms with Crippen molar-refractivity contribution >= 4 is 29.1 Å². The maximum Gasteiger partial charge on any atom is 0.251 e. The molecule has 3 aromatic rings. The van der Waals surface area contributed by atoms with Crippen LogP contribution in [-0.4, -0.2) is 31.3 Å². The Balaban J connectivity index is 1.50. The summed E-state index contributed by atoms with van der Waals surface area (Å²) in [7, 11) is 1.56. The molecule has 0 atom stereocenters. The number of anilines is 2. The summed E-state index contributed by atoms with van der Waals surface area (Å²) in [6.45, 7) is 0.319. The normalized spacial score (nSPS) is 10.2. The molecule has 1 aromatic heterocycles. The zero-order valence-corrected chi connectivity index (χ0v) is 16.4. The number of carbonyl (C=O) groups excluding carboxylic acids is 3. The quantitative estimate of drug-likeness (QED) is 0.459. The Morgan fingerprint density at radius 2 is 1.67 bits per heavy atom. The second-order valence-corrected chi connectivity index (χ2v) is 6.40. The second-order valence-electron chi connectivity index (χ2n) is 6.40. The largest absolute Gasteiger partial charge is 0.467 e. The molecule has 2 aromatic carbocycles. The SMILES string of the molecule is CNC(=O)c1ccc(NC(=O)CNc2cccc(C(=O)NCc3ccco3)c2)cc1. The summed E-state index contributed by atoms with van der Waals surface area (Å²) in [5.41, 5.74) is 2.21. The molecule has 8 heteroatoms. The van der Waals surface area contributed by atoms with Gasteiger partial charge in [-0.25, -0.2) is 0 Å². The summed E-state index contributed by atoms with van der Waals surface area (Å²) in [6.07, 6.45) is 1.55. The van der Waals surface area contributed by atoms with Gasteiger partial charge in [-0.05, 0) is 54.6 Å². The maximum absolute atomic E-state index is 12.3. The first-order valence-corrected chi connectivity index (χ1v) is 9.31. The average molecular weight is 406 g/mol. The van der Waals surface area contributed by atoms with Crippen molar-refractivity contribution in [3.8, 4) is 0 Å². The van der Waals surface area contributed by atoms with Gasteiger partial charge in [-0.2, -0.15) is 0 Å². The van der Waals surface area contributed by atoms with Crippen LogP contribution in [0.3, 0.4) is 0 Å². The Bertz CT molecular complexity index is 1010. The number of nitrogens with one attached hydrogen (secondary N) is 4. The van der Waals surface area contributed by atoms with E-state index in [1.165, 1.54) is 0 Å². The Labute approximate surface area is 173 Å². The van der Waals surface area contributed by atoms with E-state index in [0.29, 0.717) is 34.8 Å². The molecule has 0 bridgehead atoms. The molecule has 0 aliphatic heterocycles. The van der Waals surface area contributed by atoms with Crippen molar-refractivity contribution in [3.05, 3.63) is 83.8 Å². The summed E-state index contributed by atoms with van der Waals surface area (Å²) in [4.78, 5) is 36.0. The molecule has 154 valence electrons. The van der Waals surface area contributed by atoms with E-state index in [0.717, 1.165) is 0 Å². The number of benzene rings is 2. The van der Waals surface area contributed by atoms with Crippen LogP contribution in [0.1, 0.15) is 26.5 Å². The van der Waals surface area contributed by atoms with Gasteiger partial charge in [0, 0.05) is 29.5 Å². The minimum atomic E-state index is -0.254. The number of rotatable bonds is 8. The van der Waals surface area contributed by atoms with Gasteiger partial charge in [-0.3, -0.25) is 14.4 Å². The molecule has 0 unspecified atom stereocenters. The first-order chi connectivity index (χ1) is 14.5. The molecular formula is C22H22N4O4. The van der Waals surface area contributed by atoms with Crippen molar-refractivity contribution in [2.45, 2.75) is 6.54 Å². The minimum Gasteiger partial charge on any atom is -0.467 e. The van der Waals surface area contributed by atoms with Crippen LogP contribution in [0.15, 0.2) is 71.3 Å². The van der Waals surface area contributed by atoms with Crippen LogP contribution >= 0.6 is 0 Å². The Kier molecular flexibility index (Phi) is 6.83. The van der Waals surface area contributed by atoms with Crippen LogP contribution in [0, 0.1) is 0 Å². The van der Waals surface area contributed by atoms with Crippen LogP contribution in [0.2, 0.25) is 0 Å². The maximum atomic E-state index is 12.3. The first kappa shape index (κ1) is 20.7. The van der Waals surface area contributed by atoms with Crippen LogP contribution < -0.4 is 21.3 Å². The highest BCUT2D eigenvalue weighted by molar-refractivity contribution is 5.97. The summed E-state index contributed by atoms with van der Waals surface area (Å²) in [5.74, 6) is -0.0219. The lowest BCUT2D eigenvalue weighted by Crippen LogP contribution is -2.23. The van der Waals surface area contributed by atoms with Gasteiger partial charge < -0.3 is 25.7 Å². The van der Waals surface area contributed by atoms with Gasteiger partial charge in [0.15, 0.2) is 0 Å². The van der Waals surface area contributed by atoms with Crippen molar-refractivity contribution in [2.75, 3.05) is 24.2 Å². The zero-order chi connectivity index (χ0) is 21.3. The van der Waals surface area contributed by atoms with Crippen LogP contribution in [0.25, 0.3) is 0 Å². The molecule has 0 aliphatic rings. The van der Waals surface area contributed by atoms with Gasteiger partial charge in [-0.15, -0.1) is 0 Å². The highest BCUT2D eigenvalue weighted by Gasteiger charge is 2.09. The highest BCUT2D eigenvalue weighted by atomic mass is 16.3. The zero-order valence-electron chi connectivity index (χ0n) is 16.4. The monoisotopic (exact) mass is 406 g/mol. The van der Waals surface area contributed by atoms with Gasteiger partial charge in [-0.1, -0.05) is 6.07 Å². The van der Waals surface area contributed by atoms with Gasteiger partial charge in [0.05, 0.1) is 19.4 Å². The number of amides is 3. The summed E-state index contributed by atoms with van der Waals surface area (Å²) in [6, 6.07) is 17.0. The highest BCUT2D eigenvalue weighted by Crippen LogP contribution is 2.12. The molecule has 0 aliphatic carbocycles. The smallest absolute Gasteiger partial charge is 0.251 e. The molecule has 3 rings (SSSR count). The molecule has 4 N–H and O–H groups in total. The van der Waals surface area contributed by atoms with Crippen molar-refractivity contribution in [1.29, 1.82) is 0 Å². The Morgan fingerprint density at radius 1 is 0.867 bits per heavy atom. The standard InChI is InChI=1S/C22H22N4O4/c1-23-21(28)15-7-9-17(10-8-15)26-20(27)14-24-18-5-2-4-16(12-18)22(29)25-13-19-6-3-11-30-19/h2-12,24H,13-14H2,1H3,(H,23,28)(H,25,29)(H,26,27). The van der Waals surface area contributed by atoms with Gasteiger partial charge in [0.2, 0.25) is 5.91 Å². The van der Waals surface area contributed by atoms with E-state index in [4.69, 9.17) is 4.42 Å². The summed E-state index contributed by atoms with van der Waals surface area (Å²) in [5, 5.41) is 11.1. The first-order valence-electron chi connectivity index (χ1n) is 9.31. The lowest BCUT2D eigenvalue weighted by Gasteiger charge is -2.10. The molecule has 1 heterocycles. The van der Waals surface area contributed by atoms with Crippen molar-refractivity contribution in [3.63, 3.8) is 0 Å². The fraction of sp³-hybridized carbons (Fsp3) is 0.136. The molecule has 30 heavy (non-hydrogen) atoms. The topological polar surface area (TPSA) is 112 Å². The van der Waals surface area contributed by atoms with E-state index in [-0.39, 0.29) is 24.3 Å². The van der Waals surface area contributed by atoms with E-state index in [9.17, 15) is 14.4 Å². The summed E-state index contributed by atoms with van der Waals surface area (Å²) < 4.78 is 5.19. The average Bonchev–Trinajstić information content (AvgIpc) is 3.30. The fourth-order valence-electron chi connectivity index (χ4n) is 2.69. The Morgan fingerprint density at radius 3 is 2.37 bits per heavy atom. The predicted octanol–water partition coefficient (Wildman–Crippen LogP) is 2.62. The van der Waals surface area contributed by atoms with Crippen molar-refractivity contribution < 1.29 is 18.8 Å². The molecule has 0 spiro atoms. The molecule has 0 saturated heterocycles. The lowest BCUT2D eigenvalue weighted by molar-refractivity contribution is -0.114. The molecule has 0 saturated carbocycles.